The monoisotopic (exact) mass is 626 g/mol. The summed E-state index contributed by atoms with van der Waals surface area (Å²) in [5.74, 6) is -0.339. The van der Waals surface area contributed by atoms with Gasteiger partial charge in [0.2, 0.25) is 11.8 Å². The number of carbonyl (C=O) groups is 1. The SMILES string of the molecule is COC(=O)c1cc(F)c2nc(CN3CCC(Oc4cccc(OCc5ccc(C#N)cc5F)n4)CC3)n(CC3(CC#N)CC3)c2c1. The first-order chi connectivity index (χ1) is 22.3. The highest BCUT2D eigenvalue weighted by molar-refractivity contribution is 5.94. The van der Waals surface area contributed by atoms with Crippen molar-refractivity contribution in [1.82, 2.24) is 19.4 Å². The average molecular weight is 627 g/mol. The third kappa shape index (κ3) is 6.77. The van der Waals surface area contributed by atoms with Gasteiger partial charge in [0.05, 0.1) is 42.4 Å². The number of esters is 1. The lowest BCUT2D eigenvalue weighted by Crippen LogP contribution is -2.38. The smallest absolute Gasteiger partial charge is 0.338 e. The number of ether oxygens (including phenoxy) is 3. The highest BCUT2D eigenvalue weighted by Crippen LogP contribution is 2.50. The molecule has 4 aromatic rings. The molecule has 0 bridgehead atoms. The van der Waals surface area contributed by atoms with Gasteiger partial charge >= 0.3 is 5.97 Å². The van der Waals surface area contributed by atoms with Gasteiger partial charge in [0.15, 0.2) is 5.82 Å². The molecule has 2 aliphatic rings. The van der Waals surface area contributed by atoms with E-state index < -0.39 is 17.6 Å². The molecule has 46 heavy (non-hydrogen) atoms. The molecule has 1 aliphatic carbocycles. The molecule has 0 amide bonds. The first-order valence-corrected chi connectivity index (χ1v) is 15.1. The number of pyridine rings is 1. The van der Waals surface area contributed by atoms with E-state index in [1.807, 2.05) is 10.6 Å². The van der Waals surface area contributed by atoms with Crippen LogP contribution in [0.1, 0.15) is 59.4 Å². The molecule has 0 N–H and O–H groups in total. The zero-order chi connectivity index (χ0) is 32.3. The summed E-state index contributed by atoms with van der Waals surface area (Å²) in [5, 5.41) is 18.3. The van der Waals surface area contributed by atoms with E-state index in [1.54, 1.807) is 24.3 Å². The fourth-order valence-corrected chi connectivity index (χ4v) is 5.82. The molecular formula is C34H32F2N6O4. The summed E-state index contributed by atoms with van der Waals surface area (Å²) in [7, 11) is 1.26. The van der Waals surface area contributed by atoms with Crippen molar-refractivity contribution in [3.63, 3.8) is 0 Å². The van der Waals surface area contributed by atoms with Gasteiger partial charge in [-0.3, -0.25) is 4.90 Å². The van der Waals surface area contributed by atoms with Crippen molar-refractivity contribution in [2.75, 3.05) is 20.2 Å². The predicted molar refractivity (Wildman–Crippen MR) is 162 cm³/mol. The zero-order valence-electron chi connectivity index (χ0n) is 25.3. The van der Waals surface area contributed by atoms with Crippen LogP contribution < -0.4 is 9.47 Å². The molecule has 6 rings (SSSR count). The number of hydrogen-bond donors (Lipinski definition) is 0. The average Bonchev–Trinajstić information content (AvgIpc) is 3.74. The van der Waals surface area contributed by atoms with Crippen LogP contribution in [0, 0.1) is 39.7 Å². The standard InChI is InChI=1S/C34H32F2N6O4/c1-44-33(43)24-16-27(36)32-28(17-24)42(21-34(9-10-34)11-12-37)29(39-32)19-41-13-7-25(8-14-41)46-31-4-2-3-30(40-31)45-20-23-6-5-22(18-38)15-26(23)35/h2-6,15-17,25H,7-11,13-14,19-21H2,1H3. The summed E-state index contributed by atoms with van der Waals surface area (Å²) in [4.78, 5) is 23.6. The van der Waals surface area contributed by atoms with Crippen molar-refractivity contribution in [2.24, 2.45) is 5.41 Å². The number of piperidine rings is 1. The van der Waals surface area contributed by atoms with Gasteiger partial charge in [0.1, 0.15) is 29.9 Å². The van der Waals surface area contributed by atoms with Gasteiger partial charge in [-0.25, -0.2) is 18.6 Å². The van der Waals surface area contributed by atoms with E-state index in [-0.39, 0.29) is 34.8 Å². The van der Waals surface area contributed by atoms with Crippen LogP contribution >= 0.6 is 0 Å². The number of rotatable bonds is 11. The second kappa shape index (κ2) is 13.1. The first kappa shape index (κ1) is 30.9. The van der Waals surface area contributed by atoms with Gasteiger partial charge in [-0.15, -0.1) is 0 Å². The van der Waals surface area contributed by atoms with Gasteiger partial charge < -0.3 is 18.8 Å². The molecule has 0 radical (unpaired) electrons. The molecule has 1 saturated carbocycles. The molecule has 0 spiro atoms. The summed E-state index contributed by atoms with van der Waals surface area (Å²) >= 11 is 0. The molecule has 2 aromatic carbocycles. The molecule has 10 nitrogen and oxygen atoms in total. The van der Waals surface area contributed by atoms with E-state index in [1.165, 1.54) is 25.3 Å². The van der Waals surface area contributed by atoms with Gasteiger partial charge in [-0.05, 0) is 49.9 Å². The Balaban J connectivity index is 1.10. The maximum Gasteiger partial charge on any atom is 0.338 e. The minimum atomic E-state index is -0.623. The molecule has 1 aliphatic heterocycles. The van der Waals surface area contributed by atoms with Crippen LogP contribution in [-0.2, 0) is 24.4 Å². The van der Waals surface area contributed by atoms with Crippen molar-refractivity contribution in [3.05, 3.63) is 82.7 Å². The largest absolute Gasteiger partial charge is 0.474 e. The van der Waals surface area contributed by atoms with Gasteiger partial charge in [0.25, 0.3) is 0 Å². The summed E-state index contributed by atoms with van der Waals surface area (Å²) in [6, 6.07) is 16.4. The van der Waals surface area contributed by atoms with E-state index in [4.69, 9.17) is 19.5 Å². The van der Waals surface area contributed by atoms with Crippen molar-refractivity contribution < 1.29 is 27.8 Å². The molecule has 0 atom stereocenters. The third-order valence-corrected chi connectivity index (χ3v) is 8.66. The number of likely N-dealkylation sites (tertiary alicyclic amines) is 1. The molecule has 2 aromatic heterocycles. The normalized spacial score (nSPS) is 16.0. The topological polar surface area (TPSA) is 126 Å². The number of methoxy groups -OCH3 is 1. The quantitative estimate of drug-likeness (QED) is 0.193. The van der Waals surface area contributed by atoms with E-state index in [2.05, 4.69) is 20.9 Å². The van der Waals surface area contributed by atoms with Crippen molar-refractivity contribution in [3.8, 4) is 23.9 Å². The van der Waals surface area contributed by atoms with Crippen LogP contribution in [0.25, 0.3) is 11.0 Å². The molecule has 1 saturated heterocycles. The summed E-state index contributed by atoms with van der Waals surface area (Å²) in [5.41, 5.74) is 1.23. The summed E-state index contributed by atoms with van der Waals surface area (Å²) < 4.78 is 48.0. The first-order valence-electron chi connectivity index (χ1n) is 15.1. The number of halogens is 2. The Morgan fingerprint density at radius 2 is 1.83 bits per heavy atom. The lowest BCUT2D eigenvalue weighted by molar-refractivity contribution is 0.0600. The number of benzene rings is 2. The lowest BCUT2D eigenvalue weighted by atomic mass is 10.0. The van der Waals surface area contributed by atoms with Gasteiger partial charge in [-0.1, -0.05) is 12.1 Å². The van der Waals surface area contributed by atoms with E-state index >= 15 is 4.39 Å². The maximum atomic E-state index is 15.2. The fourth-order valence-electron chi connectivity index (χ4n) is 5.82. The molecule has 0 unspecified atom stereocenters. The van der Waals surface area contributed by atoms with Gasteiger partial charge in [0, 0.05) is 49.2 Å². The highest BCUT2D eigenvalue weighted by Gasteiger charge is 2.43. The lowest BCUT2D eigenvalue weighted by Gasteiger charge is -2.32. The second-order valence-corrected chi connectivity index (χ2v) is 11.9. The number of fused-ring (bicyclic) bond motifs is 1. The molecule has 2 fully saturated rings. The van der Waals surface area contributed by atoms with Crippen molar-refractivity contribution in [1.29, 1.82) is 10.5 Å². The van der Waals surface area contributed by atoms with Crippen LogP contribution in [0.2, 0.25) is 0 Å². The summed E-state index contributed by atoms with van der Waals surface area (Å²) in [6.07, 6.45) is 3.59. The molecule has 3 heterocycles. The zero-order valence-corrected chi connectivity index (χ0v) is 25.3. The van der Waals surface area contributed by atoms with Crippen molar-refractivity contribution in [2.45, 2.75) is 57.9 Å². The third-order valence-electron chi connectivity index (χ3n) is 8.66. The number of hydrogen-bond acceptors (Lipinski definition) is 9. The molecular weight excluding hydrogens is 594 g/mol. The van der Waals surface area contributed by atoms with E-state index in [9.17, 15) is 14.4 Å². The number of imidazole rings is 1. The highest BCUT2D eigenvalue weighted by atomic mass is 19.1. The van der Waals surface area contributed by atoms with Crippen LogP contribution in [0.5, 0.6) is 11.8 Å². The van der Waals surface area contributed by atoms with Crippen molar-refractivity contribution >= 4 is 17.0 Å². The van der Waals surface area contributed by atoms with Crippen LogP contribution in [0.15, 0.2) is 48.5 Å². The van der Waals surface area contributed by atoms with E-state index in [0.717, 1.165) is 31.7 Å². The summed E-state index contributed by atoms with van der Waals surface area (Å²) in [6.45, 7) is 2.38. The second-order valence-electron chi connectivity index (χ2n) is 11.9. The molecule has 12 heteroatoms. The van der Waals surface area contributed by atoms with Crippen LogP contribution in [0.3, 0.4) is 0 Å². The Hall–Kier alpha value is -5.07. The Morgan fingerprint density at radius 3 is 2.52 bits per heavy atom. The van der Waals surface area contributed by atoms with E-state index in [0.29, 0.717) is 61.3 Å². The minimum Gasteiger partial charge on any atom is -0.474 e. The number of nitriles is 2. The Morgan fingerprint density at radius 1 is 1.04 bits per heavy atom. The van der Waals surface area contributed by atoms with Gasteiger partial charge in [-0.2, -0.15) is 15.5 Å². The fraction of sp³-hybridized carbons (Fsp3) is 0.382. The molecule has 236 valence electrons. The van der Waals surface area contributed by atoms with Crippen LogP contribution in [-0.4, -0.2) is 51.7 Å². The number of nitrogens with zero attached hydrogens (tertiary/aromatic N) is 6. The minimum absolute atomic E-state index is 0.0390. The maximum absolute atomic E-state index is 15.2. The number of carbonyl (C=O) groups excluding carboxylic acids is 1. The Labute approximate surface area is 264 Å². The Kier molecular flexibility index (Phi) is 8.82. The van der Waals surface area contributed by atoms with Crippen LogP contribution in [0.4, 0.5) is 8.78 Å². The number of aromatic nitrogens is 3. The Bertz CT molecular complexity index is 1850. The predicted octanol–water partition coefficient (Wildman–Crippen LogP) is 5.68.